The number of rotatable bonds is 4. The van der Waals surface area contributed by atoms with Crippen molar-refractivity contribution in [3.63, 3.8) is 0 Å². The standard InChI is InChI=1S/C21H21NO4/c1-13-6-4-7-14(12-13)18-17(19(23)16-10-5-11-26-16)20(24)21(25)22(18)15-8-2-3-9-15/h4-7,10-12,15,18,24H,2-3,8-9H2,1H3. The number of hydrogen-bond donors (Lipinski definition) is 1. The molecule has 5 heteroatoms. The minimum atomic E-state index is -0.580. The van der Waals surface area contributed by atoms with Crippen LogP contribution in [0.4, 0.5) is 0 Å². The Bertz CT molecular complexity index is 875. The molecule has 134 valence electrons. The number of hydrogen-bond acceptors (Lipinski definition) is 4. The maximum atomic E-state index is 13.0. The lowest BCUT2D eigenvalue weighted by molar-refractivity contribution is -0.131. The molecular weight excluding hydrogens is 330 g/mol. The molecule has 0 saturated heterocycles. The third kappa shape index (κ3) is 2.64. The molecule has 2 aromatic rings. The van der Waals surface area contributed by atoms with Crippen LogP contribution in [0.2, 0.25) is 0 Å². The van der Waals surface area contributed by atoms with Gasteiger partial charge in [0, 0.05) is 6.04 Å². The average Bonchev–Trinajstić information content (AvgIpc) is 3.37. The molecule has 0 radical (unpaired) electrons. The van der Waals surface area contributed by atoms with Gasteiger partial charge in [0.2, 0.25) is 5.78 Å². The number of Topliss-reactive ketones (excluding diaryl/α,β-unsaturated/α-hetero) is 1. The topological polar surface area (TPSA) is 70.7 Å². The van der Waals surface area contributed by atoms with Gasteiger partial charge in [0.15, 0.2) is 11.5 Å². The van der Waals surface area contributed by atoms with Crippen molar-refractivity contribution < 1.29 is 19.1 Å². The van der Waals surface area contributed by atoms with Crippen LogP contribution in [-0.2, 0) is 4.79 Å². The van der Waals surface area contributed by atoms with Gasteiger partial charge in [0.1, 0.15) is 0 Å². The third-order valence-corrected chi connectivity index (χ3v) is 5.31. The van der Waals surface area contributed by atoms with Crippen LogP contribution >= 0.6 is 0 Å². The minimum Gasteiger partial charge on any atom is -0.503 e. The predicted molar refractivity (Wildman–Crippen MR) is 95.7 cm³/mol. The Morgan fingerprint density at radius 2 is 1.96 bits per heavy atom. The van der Waals surface area contributed by atoms with Gasteiger partial charge in [0.25, 0.3) is 5.91 Å². The zero-order valence-electron chi connectivity index (χ0n) is 14.6. The van der Waals surface area contributed by atoms with E-state index >= 15 is 0 Å². The molecule has 5 nitrogen and oxygen atoms in total. The molecule has 0 spiro atoms. The third-order valence-electron chi connectivity index (χ3n) is 5.31. The van der Waals surface area contributed by atoms with E-state index in [1.165, 1.54) is 6.26 Å². The lowest BCUT2D eigenvalue weighted by Crippen LogP contribution is -2.38. The fourth-order valence-electron chi connectivity index (χ4n) is 4.12. The Hall–Kier alpha value is -2.82. The van der Waals surface area contributed by atoms with Crippen molar-refractivity contribution in [3.8, 4) is 0 Å². The van der Waals surface area contributed by atoms with E-state index in [0.29, 0.717) is 0 Å². The van der Waals surface area contributed by atoms with E-state index in [2.05, 4.69) is 0 Å². The van der Waals surface area contributed by atoms with Gasteiger partial charge < -0.3 is 14.4 Å². The molecule has 2 heterocycles. The first-order valence-electron chi connectivity index (χ1n) is 8.98. The van der Waals surface area contributed by atoms with Crippen LogP contribution in [0, 0.1) is 6.92 Å². The van der Waals surface area contributed by atoms with Crippen molar-refractivity contribution in [2.24, 2.45) is 0 Å². The summed E-state index contributed by atoms with van der Waals surface area (Å²) in [6, 6.07) is 10.4. The largest absolute Gasteiger partial charge is 0.503 e. The molecule has 1 unspecified atom stereocenters. The summed E-state index contributed by atoms with van der Waals surface area (Å²) in [4.78, 5) is 27.6. The predicted octanol–water partition coefficient (Wildman–Crippen LogP) is 4.11. The molecule has 1 N–H and O–H groups in total. The van der Waals surface area contributed by atoms with Crippen molar-refractivity contribution in [2.75, 3.05) is 0 Å². The van der Waals surface area contributed by atoms with Crippen molar-refractivity contribution in [2.45, 2.75) is 44.7 Å². The summed E-state index contributed by atoms with van der Waals surface area (Å²) < 4.78 is 5.24. The molecule has 26 heavy (non-hydrogen) atoms. The normalized spacial score (nSPS) is 21.0. The lowest BCUT2D eigenvalue weighted by Gasteiger charge is -2.32. The molecule has 1 aromatic heterocycles. The van der Waals surface area contributed by atoms with E-state index in [0.717, 1.165) is 36.8 Å². The summed E-state index contributed by atoms with van der Waals surface area (Å²) in [5.41, 5.74) is 1.99. The highest BCUT2D eigenvalue weighted by Gasteiger charge is 2.47. The highest BCUT2D eigenvalue weighted by atomic mass is 16.3. The van der Waals surface area contributed by atoms with Gasteiger partial charge in [0.05, 0.1) is 17.9 Å². The highest BCUT2D eigenvalue weighted by Crippen LogP contribution is 2.43. The van der Waals surface area contributed by atoms with E-state index in [1.54, 1.807) is 17.0 Å². The summed E-state index contributed by atoms with van der Waals surface area (Å²) in [5.74, 6) is -1.22. The first-order chi connectivity index (χ1) is 12.6. The molecule has 4 rings (SSSR count). The molecule has 1 atom stereocenters. The second-order valence-corrected chi connectivity index (χ2v) is 7.04. The maximum absolute atomic E-state index is 13.0. The Morgan fingerprint density at radius 3 is 2.62 bits per heavy atom. The molecule has 1 fully saturated rings. The number of furan rings is 1. The molecule has 0 bridgehead atoms. The quantitative estimate of drug-likeness (QED) is 0.842. The lowest BCUT2D eigenvalue weighted by atomic mass is 9.93. The summed E-state index contributed by atoms with van der Waals surface area (Å²) >= 11 is 0. The first-order valence-corrected chi connectivity index (χ1v) is 8.98. The molecule has 2 aliphatic rings. The fraction of sp³-hybridized carbons (Fsp3) is 0.333. The van der Waals surface area contributed by atoms with E-state index in [-0.39, 0.29) is 17.4 Å². The van der Waals surface area contributed by atoms with Gasteiger partial charge in [-0.25, -0.2) is 0 Å². The van der Waals surface area contributed by atoms with Crippen molar-refractivity contribution >= 4 is 11.7 Å². The number of ketones is 1. The summed E-state index contributed by atoms with van der Waals surface area (Å²) in [6.45, 7) is 1.97. The van der Waals surface area contributed by atoms with Gasteiger partial charge in [-0.1, -0.05) is 42.7 Å². The number of aliphatic hydroxyl groups is 1. The van der Waals surface area contributed by atoms with Gasteiger partial charge in [-0.3, -0.25) is 9.59 Å². The average molecular weight is 351 g/mol. The van der Waals surface area contributed by atoms with Gasteiger partial charge in [-0.15, -0.1) is 0 Å². The maximum Gasteiger partial charge on any atom is 0.290 e. The number of carbonyl (C=O) groups excluding carboxylic acids is 2. The zero-order chi connectivity index (χ0) is 18.3. The Labute approximate surface area is 151 Å². The first kappa shape index (κ1) is 16.6. The Balaban J connectivity index is 1.83. The number of aliphatic hydroxyl groups excluding tert-OH is 1. The molecular formula is C21H21NO4. The second kappa shape index (κ2) is 6.48. The monoisotopic (exact) mass is 351 g/mol. The van der Waals surface area contributed by atoms with Gasteiger partial charge in [-0.05, 0) is 37.5 Å². The Kier molecular flexibility index (Phi) is 4.15. The number of benzene rings is 1. The number of amides is 1. The van der Waals surface area contributed by atoms with Gasteiger partial charge in [-0.2, -0.15) is 0 Å². The minimum absolute atomic E-state index is 0.0389. The molecule has 1 amide bonds. The van der Waals surface area contributed by atoms with Crippen molar-refractivity contribution in [3.05, 3.63) is 70.9 Å². The Morgan fingerprint density at radius 1 is 1.19 bits per heavy atom. The number of nitrogens with zero attached hydrogens (tertiary/aromatic N) is 1. The van der Waals surface area contributed by atoms with Crippen LogP contribution in [0.5, 0.6) is 0 Å². The van der Waals surface area contributed by atoms with Crippen molar-refractivity contribution in [1.29, 1.82) is 0 Å². The van der Waals surface area contributed by atoms with Gasteiger partial charge >= 0.3 is 0 Å². The molecule has 1 saturated carbocycles. The number of carbonyl (C=O) groups is 2. The van der Waals surface area contributed by atoms with Crippen LogP contribution in [0.25, 0.3) is 0 Å². The number of aryl methyl sites for hydroxylation is 1. The highest BCUT2D eigenvalue weighted by molar-refractivity contribution is 6.15. The molecule has 1 aliphatic carbocycles. The zero-order valence-corrected chi connectivity index (χ0v) is 14.6. The van der Waals surface area contributed by atoms with Crippen molar-refractivity contribution in [1.82, 2.24) is 4.90 Å². The SMILES string of the molecule is Cc1cccc(C2C(C(=O)c3ccco3)=C(O)C(=O)N2C2CCCC2)c1. The fourth-order valence-corrected chi connectivity index (χ4v) is 4.12. The van der Waals surface area contributed by atoms with E-state index in [4.69, 9.17) is 4.42 Å². The van der Waals surface area contributed by atoms with E-state index in [1.807, 2.05) is 31.2 Å². The van der Waals surface area contributed by atoms with Crippen LogP contribution in [0.1, 0.15) is 53.4 Å². The molecule has 1 aromatic carbocycles. The van der Waals surface area contributed by atoms with Crippen LogP contribution in [0.15, 0.2) is 58.4 Å². The molecule has 1 aliphatic heterocycles. The van der Waals surface area contributed by atoms with E-state index in [9.17, 15) is 14.7 Å². The summed E-state index contributed by atoms with van der Waals surface area (Å²) in [5, 5.41) is 10.6. The van der Waals surface area contributed by atoms with E-state index < -0.39 is 23.5 Å². The van der Waals surface area contributed by atoms with Crippen LogP contribution in [-0.4, -0.2) is 27.7 Å². The summed E-state index contributed by atoms with van der Waals surface area (Å²) in [6.07, 6.45) is 5.31. The second-order valence-electron chi connectivity index (χ2n) is 7.04. The summed E-state index contributed by atoms with van der Waals surface area (Å²) in [7, 11) is 0. The van der Waals surface area contributed by atoms with Crippen LogP contribution < -0.4 is 0 Å². The smallest absolute Gasteiger partial charge is 0.290 e. The van der Waals surface area contributed by atoms with Crippen LogP contribution in [0.3, 0.4) is 0 Å².